The lowest BCUT2D eigenvalue weighted by molar-refractivity contribution is 0.0601. The molecule has 0 radical (unpaired) electrons. The van der Waals surface area contributed by atoms with Gasteiger partial charge in [-0.1, -0.05) is 30.3 Å². The maximum atomic E-state index is 13.2. The highest BCUT2D eigenvalue weighted by molar-refractivity contribution is 7.89. The molecule has 31 heavy (non-hydrogen) atoms. The minimum absolute atomic E-state index is 0.207. The number of sulfonamides is 1. The van der Waals surface area contributed by atoms with Crippen LogP contribution in [0.25, 0.3) is 11.0 Å². The average Bonchev–Trinajstić information content (AvgIpc) is 2.78. The third-order valence-electron chi connectivity index (χ3n) is 5.68. The lowest BCUT2D eigenvalue weighted by atomic mass is 9.91. The van der Waals surface area contributed by atoms with Gasteiger partial charge in [0.05, 0.1) is 12.7 Å². The van der Waals surface area contributed by atoms with Gasteiger partial charge in [0, 0.05) is 18.5 Å². The number of methoxy groups -OCH3 is 1. The number of carbonyl (C=O) groups is 1. The number of rotatable bonds is 5. The molecule has 0 saturated carbocycles. The third-order valence-corrected chi connectivity index (χ3v) is 7.57. The summed E-state index contributed by atoms with van der Waals surface area (Å²) in [7, 11) is -2.75. The summed E-state index contributed by atoms with van der Waals surface area (Å²) in [6, 6.07) is 15.8. The summed E-state index contributed by atoms with van der Waals surface area (Å²) in [6.07, 6.45) is 2.35. The lowest BCUT2D eigenvalue weighted by Crippen LogP contribution is -2.40. The molecule has 1 aliphatic heterocycles. The molecule has 1 saturated heterocycles. The maximum Gasteiger partial charge on any atom is 0.356 e. The van der Waals surface area contributed by atoms with Crippen LogP contribution in [0.4, 0.5) is 0 Å². The second kappa shape index (κ2) is 8.64. The predicted molar refractivity (Wildman–Crippen MR) is 115 cm³/mol. The number of piperidine rings is 1. The van der Waals surface area contributed by atoms with Crippen LogP contribution in [0.1, 0.15) is 28.8 Å². The smallest absolute Gasteiger partial charge is 0.356 e. The largest absolute Gasteiger partial charge is 0.465 e. The van der Waals surface area contributed by atoms with E-state index >= 15 is 0 Å². The number of fused-ring (bicyclic) bond motifs is 1. The fourth-order valence-electron chi connectivity index (χ4n) is 3.97. The Morgan fingerprint density at radius 3 is 2.48 bits per heavy atom. The molecule has 1 fully saturated rings. The Hall–Kier alpha value is -2.97. The summed E-state index contributed by atoms with van der Waals surface area (Å²) in [5.74, 6) is -0.164. The van der Waals surface area contributed by atoms with Crippen LogP contribution < -0.4 is 5.63 Å². The number of hydrogen-bond donors (Lipinski definition) is 0. The zero-order chi connectivity index (χ0) is 22.0. The number of nitrogens with zero attached hydrogens (tertiary/aromatic N) is 1. The van der Waals surface area contributed by atoms with Gasteiger partial charge in [0.2, 0.25) is 10.0 Å². The maximum absolute atomic E-state index is 13.2. The van der Waals surface area contributed by atoms with Gasteiger partial charge in [-0.15, -0.1) is 0 Å². The Morgan fingerprint density at radius 1 is 1.10 bits per heavy atom. The number of benzene rings is 2. The molecule has 162 valence electrons. The predicted octanol–water partition coefficient (Wildman–Crippen LogP) is 3.22. The summed E-state index contributed by atoms with van der Waals surface area (Å²) in [6.45, 7) is 0.693. The fraction of sp³-hybridized carbons (Fsp3) is 0.304. The second-order valence-electron chi connectivity index (χ2n) is 7.68. The molecule has 0 spiro atoms. The van der Waals surface area contributed by atoms with Gasteiger partial charge in [-0.2, -0.15) is 4.31 Å². The molecule has 0 aliphatic carbocycles. The zero-order valence-corrected chi connectivity index (χ0v) is 17.9. The highest BCUT2D eigenvalue weighted by Gasteiger charge is 2.32. The normalized spacial score (nSPS) is 15.8. The van der Waals surface area contributed by atoms with Crippen LogP contribution in [0.5, 0.6) is 0 Å². The molecule has 0 bridgehead atoms. The molecular weight excluding hydrogens is 418 g/mol. The molecule has 0 unspecified atom stereocenters. The van der Waals surface area contributed by atoms with Crippen molar-refractivity contribution < 1.29 is 22.4 Å². The Morgan fingerprint density at radius 2 is 1.81 bits per heavy atom. The van der Waals surface area contributed by atoms with E-state index in [1.54, 1.807) is 0 Å². The Bertz CT molecular complexity index is 1260. The monoisotopic (exact) mass is 441 g/mol. The van der Waals surface area contributed by atoms with E-state index in [2.05, 4.69) is 12.1 Å². The molecular formula is C23H23NO6S. The van der Waals surface area contributed by atoms with E-state index in [0.717, 1.165) is 19.3 Å². The van der Waals surface area contributed by atoms with Crippen LogP contribution >= 0.6 is 0 Å². The topological polar surface area (TPSA) is 93.9 Å². The van der Waals surface area contributed by atoms with Gasteiger partial charge in [0.1, 0.15) is 5.58 Å². The van der Waals surface area contributed by atoms with Crippen molar-refractivity contribution >= 4 is 27.0 Å². The van der Waals surface area contributed by atoms with Gasteiger partial charge in [0.25, 0.3) is 0 Å². The van der Waals surface area contributed by atoms with Gasteiger partial charge in [-0.25, -0.2) is 18.0 Å². The summed E-state index contributed by atoms with van der Waals surface area (Å²) in [4.78, 5) is 23.8. The van der Waals surface area contributed by atoms with Gasteiger partial charge in [0.15, 0.2) is 4.90 Å². The van der Waals surface area contributed by atoms with E-state index in [-0.39, 0.29) is 11.1 Å². The first kappa shape index (κ1) is 21.3. The van der Waals surface area contributed by atoms with Crippen molar-refractivity contribution in [1.29, 1.82) is 0 Å². The van der Waals surface area contributed by atoms with E-state index in [9.17, 15) is 18.0 Å². The minimum Gasteiger partial charge on any atom is -0.465 e. The number of hydrogen-bond acceptors (Lipinski definition) is 6. The minimum atomic E-state index is -4.01. The fourth-order valence-corrected chi connectivity index (χ4v) is 5.47. The molecule has 0 N–H and O–H groups in total. The quantitative estimate of drug-likeness (QED) is 0.446. The van der Waals surface area contributed by atoms with Crippen molar-refractivity contribution in [3.05, 3.63) is 76.1 Å². The van der Waals surface area contributed by atoms with E-state index in [1.165, 1.54) is 41.2 Å². The van der Waals surface area contributed by atoms with E-state index in [0.29, 0.717) is 24.4 Å². The molecule has 1 aromatic heterocycles. The van der Waals surface area contributed by atoms with Crippen molar-refractivity contribution in [2.75, 3.05) is 20.2 Å². The number of carbonyl (C=O) groups excluding carboxylic acids is 1. The van der Waals surface area contributed by atoms with Crippen molar-refractivity contribution in [2.24, 2.45) is 5.92 Å². The molecule has 4 rings (SSSR count). The van der Waals surface area contributed by atoms with Crippen molar-refractivity contribution in [3.8, 4) is 0 Å². The lowest BCUT2D eigenvalue weighted by Gasteiger charge is -2.31. The summed E-state index contributed by atoms with van der Waals surface area (Å²) < 4.78 is 37.6. The molecule has 2 heterocycles. The van der Waals surface area contributed by atoms with Crippen molar-refractivity contribution in [2.45, 2.75) is 24.2 Å². The molecule has 8 heteroatoms. The highest BCUT2D eigenvalue weighted by Crippen LogP contribution is 2.26. The van der Waals surface area contributed by atoms with Gasteiger partial charge >= 0.3 is 11.6 Å². The van der Waals surface area contributed by atoms with Crippen LogP contribution in [-0.2, 0) is 21.2 Å². The average molecular weight is 442 g/mol. The first-order valence-electron chi connectivity index (χ1n) is 10.1. The van der Waals surface area contributed by atoms with Crippen LogP contribution in [-0.4, -0.2) is 38.9 Å². The summed E-state index contributed by atoms with van der Waals surface area (Å²) >= 11 is 0. The van der Waals surface area contributed by atoms with Crippen molar-refractivity contribution in [3.63, 3.8) is 0 Å². The summed E-state index contributed by atoms with van der Waals surface area (Å²) in [5, 5.41) is 0.347. The Balaban J connectivity index is 1.56. The van der Waals surface area contributed by atoms with Crippen LogP contribution in [0.2, 0.25) is 0 Å². The second-order valence-corrected chi connectivity index (χ2v) is 9.59. The van der Waals surface area contributed by atoms with Crippen LogP contribution in [0.15, 0.2) is 68.7 Å². The zero-order valence-electron chi connectivity index (χ0n) is 17.1. The van der Waals surface area contributed by atoms with E-state index in [1.807, 2.05) is 18.2 Å². The molecule has 0 atom stereocenters. The molecule has 0 amide bonds. The highest BCUT2D eigenvalue weighted by atomic mass is 32.2. The first-order chi connectivity index (χ1) is 14.9. The Kier molecular flexibility index (Phi) is 5.93. The van der Waals surface area contributed by atoms with Gasteiger partial charge in [-0.3, -0.25) is 0 Å². The third kappa shape index (κ3) is 4.40. The summed E-state index contributed by atoms with van der Waals surface area (Å²) in [5.41, 5.74) is 0.775. The molecule has 3 aromatic rings. The standard InChI is InChI=1S/C23H23NO6S/c1-29-22(25)18-7-8-20-19(14-18)15-21(23(26)30-20)31(27,28)24-11-9-17(10-12-24)13-16-5-3-2-4-6-16/h2-8,14-15,17H,9-13H2,1H3. The van der Waals surface area contributed by atoms with E-state index in [4.69, 9.17) is 9.15 Å². The SMILES string of the molecule is COC(=O)c1ccc2oc(=O)c(S(=O)(=O)N3CCC(Cc4ccccc4)CC3)cc2c1. The molecule has 7 nitrogen and oxygen atoms in total. The molecule has 1 aliphatic rings. The molecule has 2 aromatic carbocycles. The number of esters is 1. The van der Waals surface area contributed by atoms with E-state index < -0.39 is 26.5 Å². The van der Waals surface area contributed by atoms with Crippen LogP contribution in [0.3, 0.4) is 0 Å². The van der Waals surface area contributed by atoms with Crippen molar-refractivity contribution in [1.82, 2.24) is 4.31 Å². The van der Waals surface area contributed by atoms with Gasteiger partial charge in [-0.05, 0) is 55.0 Å². The first-order valence-corrected chi connectivity index (χ1v) is 11.5. The van der Waals surface area contributed by atoms with Gasteiger partial charge < -0.3 is 9.15 Å². The number of ether oxygens (including phenoxy) is 1. The van der Waals surface area contributed by atoms with Crippen LogP contribution in [0, 0.1) is 5.92 Å². The Labute approximate surface area is 180 Å².